The SMILES string of the molecule is O=C1C[C@@H](c2ccccc2)[C@H]2C[C@H]1[C@H](c1ccccc1)C=C2c1ccccc1. The molecule has 1 nitrogen and oxygen atoms in total. The molecule has 1 heteroatoms. The van der Waals surface area contributed by atoms with E-state index in [0.717, 1.165) is 6.42 Å². The van der Waals surface area contributed by atoms with Gasteiger partial charge in [0.15, 0.2) is 0 Å². The molecular formula is C27H24O. The second-order valence-corrected chi connectivity index (χ2v) is 8.06. The summed E-state index contributed by atoms with van der Waals surface area (Å²) in [6, 6.07) is 31.9. The molecule has 0 spiro atoms. The van der Waals surface area contributed by atoms with Crippen LogP contribution in [0.4, 0.5) is 0 Å². The predicted molar refractivity (Wildman–Crippen MR) is 114 cm³/mol. The lowest BCUT2D eigenvalue weighted by Crippen LogP contribution is -2.37. The Hall–Kier alpha value is -2.93. The zero-order valence-electron chi connectivity index (χ0n) is 15.9. The zero-order chi connectivity index (χ0) is 18.9. The number of hydrogen-bond acceptors (Lipinski definition) is 1. The van der Waals surface area contributed by atoms with Gasteiger partial charge in [0.1, 0.15) is 5.78 Å². The third kappa shape index (κ3) is 3.01. The van der Waals surface area contributed by atoms with E-state index in [2.05, 4.69) is 91.0 Å². The van der Waals surface area contributed by atoms with Crippen LogP contribution in [0.3, 0.4) is 0 Å². The van der Waals surface area contributed by atoms with Crippen molar-refractivity contribution in [2.75, 3.05) is 0 Å². The second kappa shape index (κ2) is 7.24. The van der Waals surface area contributed by atoms with Gasteiger partial charge in [-0.3, -0.25) is 4.79 Å². The van der Waals surface area contributed by atoms with E-state index in [9.17, 15) is 4.79 Å². The van der Waals surface area contributed by atoms with E-state index in [-0.39, 0.29) is 17.8 Å². The van der Waals surface area contributed by atoms with Crippen LogP contribution in [0.1, 0.15) is 41.4 Å². The van der Waals surface area contributed by atoms with Crippen LogP contribution < -0.4 is 0 Å². The van der Waals surface area contributed by atoms with Gasteiger partial charge in [0.2, 0.25) is 0 Å². The van der Waals surface area contributed by atoms with E-state index in [1.165, 1.54) is 22.3 Å². The number of rotatable bonds is 3. The van der Waals surface area contributed by atoms with Gasteiger partial charge in [0.25, 0.3) is 0 Å². The highest BCUT2D eigenvalue weighted by Gasteiger charge is 2.45. The maximum Gasteiger partial charge on any atom is 0.137 e. The quantitative estimate of drug-likeness (QED) is 0.537. The van der Waals surface area contributed by atoms with Crippen molar-refractivity contribution in [3.05, 3.63) is 114 Å². The fourth-order valence-corrected chi connectivity index (χ4v) is 5.20. The summed E-state index contributed by atoms with van der Waals surface area (Å²) in [5.74, 6) is 1.36. The molecule has 0 aliphatic heterocycles. The van der Waals surface area contributed by atoms with Gasteiger partial charge >= 0.3 is 0 Å². The van der Waals surface area contributed by atoms with E-state index in [1.54, 1.807) is 0 Å². The largest absolute Gasteiger partial charge is 0.299 e. The zero-order valence-corrected chi connectivity index (χ0v) is 15.9. The van der Waals surface area contributed by atoms with Gasteiger partial charge in [-0.2, -0.15) is 0 Å². The summed E-state index contributed by atoms with van der Waals surface area (Å²) in [6.45, 7) is 0. The van der Waals surface area contributed by atoms with E-state index >= 15 is 0 Å². The van der Waals surface area contributed by atoms with Crippen molar-refractivity contribution in [3.8, 4) is 0 Å². The van der Waals surface area contributed by atoms with Crippen LogP contribution in [0, 0.1) is 11.8 Å². The van der Waals surface area contributed by atoms with Crippen molar-refractivity contribution in [2.24, 2.45) is 11.8 Å². The first kappa shape index (κ1) is 17.2. The van der Waals surface area contributed by atoms with Crippen molar-refractivity contribution in [3.63, 3.8) is 0 Å². The topological polar surface area (TPSA) is 17.1 Å². The number of allylic oxidation sites excluding steroid dienone is 2. The third-order valence-electron chi connectivity index (χ3n) is 6.54. The van der Waals surface area contributed by atoms with Crippen LogP contribution in [0.15, 0.2) is 97.1 Å². The Labute approximate surface area is 166 Å². The highest BCUT2D eigenvalue weighted by atomic mass is 16.1. The monoisotopic (exact) mass is 364 g/mol. The van der Waals surface area contributed by atoms with Crippen molar-refractivity contribution >= 4 is 11.4 Å². The van der Waals surface area contributed by atoms with Gasteiger partial charge in [0, 0.05) is 18.3 Å². The minimum Gasteiger partial charge on any atom is -0.299 e. The summed E-state index contributed by atoms with van der Waals surface area (Å²) >= 11 is 0. The number of fused-ring (bicyclic) bond motifs is 2. The fraction of sp³-hybridized carbons (Fsp3) is 0.222. The van der Waals surface area contributed by atoms with Crippen molar-refractivity contribution < 1.29 is 4.79 Å². The average Bonchev–Trinajstić information content (AvgIpc) is 2.78. The van der Waals surface area contributed by atoms with Gasteiger partial charge in [-0.15, -0.1) is 0 Å². The van der Waals surface area contributed by atoms with E-state index in [0.29, 0.717) is 18.1 Å². The summed E-state index contributed by atoms with van der Waals surface area (Å²) in [5, 5.41) is 0. The summed E-state index contributed by atoms with van der Waals surface area (Å²) in [7, 11) is 0. The minimum atomic E-state index is 0.0971. The third-order valence-corrected chi connectivity index (χ3v) is 6.54. The van der Waals surface area contributed by atoms with Gasteiger partial charge in [-0.1, -0.05) is 97.1 Å². The molecule has 0 radical (unpaired) electrons. The second-order valence-electron chi connectivity index (χ2n) is 8.06. The summed E-state index contributed by atoms with van der Waals surface area (Å²) in [4.78, 5) is 13.2. The Morgan fingerprint density at radius 2 is 1.18 bits per heavy atom. The number of benzene rings is 3. The number of carbonyl (C=O) groups excluding carboxylic acids is 1. The van der Waals surface area contributed by atoms with Crippen LogP contribution in [-0.4, -0.2) is 5.78 Å². The fourth-order valence-electron chi connectivity index (χ4n) is 5.20. The van der Waals surface area contributed by atoms with Crippen LogP contribution in [0.25, 0.3) is 5.57 Å². The number of Topliss-reactive ketones (excluding diaryl/α,β-unsaturated/α-hetero) is 1. The van der Waals surface area contributed by atoms with E-state index in [4.69, 9.17) is 0 Å². The predicted octanol–water partition coefficient (Wildman–Crippen LogP) is 6.25. The molecule has 0 saturated heterocycles. The first-order valence-corrected chi connectivity index (χ1v) is 10.2. The molecule has 3 aromatic rings. The molecule has 3 aromatic carbocycles. The molecule has 5 rings (SSSR count). The van der Waals surface area contributed by atoms with E-state index < -0.39 is 0 Å². The Kier molecular flexibility index (Phi) is 4.44. The molecule has 1 saturated carbocycles. The summed E-state index contributed by atoms with van der Waals surface area (Å²) < 4.78 is 0. The highest BCUT2D eigenvalue weighted by molar-refractivity contribution is 5.88. The van der Waals surface area contributed by atoms with Crippen LogP contribution in [0.2, 0.25) is 0 Å². The number of ketones is 1. The molecule has 1 fully saturated rings. The van der Waals surface area contributed by atoms with Gasteiger partial charge in [0.05, 0.1) is 0 Å². The van der Waals surface area contributed by atoms with Gasteiger partial charge < -0.3 is 0 Å². The van der Waals surface area contributed by atoms with Gasteiger partial charge in [-0.25, -0.2) is 0 Å². The van der Waals surface area contributed by atoms with Crippen molar-refractivity contribution in [1.82, 2.24) is 0 Å². The Bertz CT molecular complexity index is 988. The number of hydrogen-bond donors (Lipinski definition) is 0. The van der Waals surface area contributed by atoms with Crippen molar-refractivity contribution in [1.29, 1.82) is 0 Å². The normalized spacial score (nSPS) is 26.6. The highest BCUT2D eigenvalue weighted by Crippen LogP contribution is 2.53. The molecule has 138 valence electrons. The van der Waals surface area contributed by atoms with Crippen LogP contribution in [-0.2, 0) is 4.79 Å². The molecule has 0 N–H and O–H groups in total. The van der Waals surface area contributed by atoms with Crippen molar-refractivity contribution in [2.45, 2.75) is 24.7 Å². The Morgan fingerprint density at radius 3 is 1.82 bits per heavy atom. The molecule has 0 unspecified atom stereocenters. The standard InChI is InChI=1S/C27H24O/c28-27-18-24(21-14-8-3-9-15-21)25-17-26(27)23(20-12-6-2-7-13-20)16-22(25)19-10-4-1-5-11-19/h1-16,23-26H,17-18H2/t23-,24-,25-,26-/m0/s1. The number of carbonyl (C=O) groups is 1. The lowest BCUT2D eigenvalue weighted by molar-refractivity contribution is -0.126. The maximum atomic E-state index is 13.2. The van der Waals surface area contributed by atoms with Crippen LogP contribution >= 0.6 is 0 Å². The van der Waals surface area contributed by atoms with E-state index in [1.807, 2.05) is 6.07 Å². The Morgan fingerprint density at radius 1 is 0.607 bits per heavy atom. The summed E-state index contributed by atoms with van der Waals surface area (Å²) in [6.07, 6.45) is 3.99. The lowest BCUT2D eigenvalue weighted by atomic mass is 9.59. The summed E-state index contributed by atoms with van der Waals surface area (Å²) in [5.41, 5.74) is 5.25. The average molecular weight is 364 g/mol. The molecule has 0 aromatic heterocycles. The molecule has 0 amide bonds. The molecule has 0 heterocycles. The minimum absolute atomic E-state index is 0.0971. The van der Waals surface area contributed by atoms with Crippen LogP contribution in [0.5, 0.6) is 0 Å². The molecule has 2 bridgehead atoms. The first-order valence-electron chi connectivity index (χ1n) is 10.2. The molecule has 2 aliphatic carbocycles. The van der Waals surface area contributed by atoms with Gasteiger partial charge in [-0.05, 0) is 40.5 Å². The maximum absolute atomic E-state index is 13.2. The molecule has 2 aliphatic rings. The molecule has 4 atom stereocenters. The smallest absolute Gasteiger partial charge is 0.137 e. The first-order chi connectivity index (χ1) is 13.8. The Balaban J connectivity index is 1.64. The molecular weight excluding hydrogens is 340 g/mol. The lowest BCUT2D eigenvalue weighted by Gasteiger charge is -2.44. The molecule has 28 heavy (non-hydrogen) atoms.